The van der Waals surface area contributed by atoms with Crippen LogP contribution in [0.2, 0.25) is 5.02 Å². The zero-order valence-corrected chi connectivity index (χ0v) is 19.2. The number of amides is 2. The van der Waals surface area contributed by atoms with Gasteiger partial charge in [-0.05, 0) is 54.6 Å². The van der Waals surface area contributed by atoms with Crippen molar-refractivity contribution in [1.29, 1.82) is 0 Å². The van der Waals surface area contributed by atoms with Crippen molar-refractivity contribution >= 4 is 45.0 Å². The first kappa shape index (κ1) is 21.7. The summed E-state index contributed by atoms with van der Waals surface area (Å²) in [6.45, 7) is 3.38. The van der Waals surface area contributed by atoms with Gasteiger partial charge in [-0.3, -0.25) is 19.9 Å². The third-order valence-corrected chi connectivity index (χ3v) is 6.07. The molecule has 1 fully saturated rings. The monoisotopic (exact) mass is 505 g/mol. The van der Waals surface area contributed by atoms with Gasteiger partial charge in [-0.25, -0.2) is 5.01 Å². The lowest BCUT2D eigenvalue weighted by molar-refractivity contribution is -0.919. The van der Waals surface area contributed by atoms with Crippen LogP contribution >= 0.6 is 27.5 Å². The van der Waals surface area contributed by atoms with Crippen molar-refractivity contribution in [2.45, 2.75) is 6.42 Å². The minimum atomic E-state index is -0.104. The van der Waals surface area contributed by atoms with Gasteiger partial charge in [0.2, 0.25) is 12.6 Å². The largest absolute Gasteiger partial charge is 0.445 e. The van der Waals surface area contributed by atoms with Crippen molar-refractivity contribution in [3.05, 3.63) is 69.8 Å². The smallest absolute Gasteiger partial charge is 0.271 e. The molecule has 2 aromatic carbocycles. The average Bonchev–Trinajstić information content (AvgIpc) is 2.80. The van der Waals surface area contributed by atoms with Crippen LogP contribution in [0.25, 0.3) is 0 Å². The van der Waals surface area contributed by atoms with Crippen molar-refractivity contribution < 1.29 is 19.2 Å². The molecule has 2 aliphatic heterocycles. The Balaban J connectivity index is 1.30. The summed E-state index contributed by atoms with van der Waals surface area (Å²) in [6.07, 6.45) is 1.85. The van der Waals surface area contributed by atoms with Gasteiger partial charge in [0.1, 0.15) is 11.4 Å². The van der Waals surface area contributed by atoms with Gasteiger partial charge >= 0.3 is 0 Å². The number of anilines is 1. The van der Waals surface area contributed by atoms with Crippen LogP contribution in [0.4, 0.5) is 5.69 Å². The van der Waals surface area contributed by atoms with Crippen LogP contribution < -0.4 is 20.1 Å². The standard InChI is InChI=1S/C22H22BrClN4O3/c23-16-1-5-18(6-2-16)28-21(29)10-9-20(25-28)22(30)27-13-11-26(12-14-27)15-31-19-7-3-17(24)4-8-19/h1-9,25H,10-15H2/p+1. The number of carbonyl (C=O) groups is 2. The van der Waals surface area contributed by atoms with Crippen molar-refractivity contribution in [2.24, 2.45) is 0 Å². The molecule has 2 aromatic rings. The number of halogens is 2. The number of nitrogens with zero attached hydrogens (tertiary/aromatic N) is 2. The molecule has 2 amide bonds. The normalized spacial score (nSPS) is 17.2. The summed E-state index contributed by atoms with van der Waals surface area (Å²) in [7, 11) is 0. The van der Waals surface area contributed by atoms with E-state index in [4.69, 9.17) is 16.3 Å². The number of ether oxygens (including phenoxy) is 1. The minimum Gasteiger partial charge on any atom is -0.445 e. The van der Waals surface area contributed by atoms with Crippen LogP contribution in [0, 0.1) is 0 Å². The maximum Gasteiger partial charge on any atom is 0.271 e. The van der Waals surface area contributed by atoms with E-state index >= 15 is 0 Å². The predicted molar refractivity (Wildman–Crippen MR) is 122 cm³/mol. The molecule has 9 heteroatoms. The highest BCUT2D eigenvalue weighted by Gasteiger charge is 2.30. The molecule has 0 radical (unpaired) electrons. The molecule has 0 saturated carbocycles. The molecule has 2 N–H and O–H groups in total. The van der Waals surface area contributed by atoms with Crippen molar-refractivity contribution in [3.63, 3.8) is 0 Å². The van der Waals surface area contributed by atoms with E-state index < -0.39 is 0 Å². The molecule has 0 unspecified atom stereocenters. The van der Waals surface area contributed by atoms with E-state index in [0.29, 0.717) is 36.2 Å². The highest BCUT2D eigenvalue weighted by Crippen LogP contribution is 2.21. The average molecular weight is 507 g/mol. The molecule has 2 aliphatic rings. The Hall–Kier alpha value is -2.55. The molecular formula is C22H23BrClN4O3+. The number of quaternary nitrogens is 1. The maximum absolute atomic E-state index is 13.0. The SMILES string of the molecule is O=C(C1=CCC(=O)N(c2ccc(Br)cc2)N1)N1CC[NH+](COc2ccc(Cl)cc2)CC1. The topological polar surface area (TPSA) is 66.3 Å². The van der Waals surface area contributed by atoms with Gasteiger partial charge in [0.25, 0.3) is 5.91 Å². The summed E-state index contributed by atoms with van der Waals surface area (Å²) in [4.78, 5) is 28.4. The summed E-state index contributed by atoms with van der Waals surface area (Å²) in [5.41, 5.74) is 4.12. The Morgan fingerprint density at radius 2 is 1.77 bits per heavy atom. The van der Waals surface area contributed by atoms with E-state index in [1.54, 1.807) is 18.2 Å². The fraction of sp³-hybridized carbons (Fsp3) is 0.273. The number of carbonyl (C=O) groups excluding carboxylic acids is 2. The maximum atomic E-state index is 13.0. The van der Waals surface area contributed by atoms with Gasteiger partial charge in [-0.15, -0.1) is 0 Å². The number of rotatable bonds is 5. The molecule has 0 aliphatic carbocycles. The van der Waals surface area contributed by atoms with E-state index in [-0.39, 0.29) is 18.2 Å². The van der Waals surface area contributed by atoms with Crippen LogP contribution in [-0.4, -0.2) is 49.6 Å². The zero-order valence-electron chi connectivity index (χ0n) is 16.8. The first-order valence-electron chi connectivity index (χ1n) is 10.1. The van der Waals surface area contributed by atoms with Gasteiger partial charge in [0.05, 0.1) is 31.9 Å². The first-order valence-corrected chi connectivity index (χ1v) is 11.2. The van der Waals surface area contributed by atoms with E-state index in [2.05, 4.69) is 21.4 Å². The lowest BCUT2D eigenvalue weighted by atomic mass is 10.2. The number of piperazine rings is 1. The Kier molecular flexibility index (Phi) is 6.80. The molecule has 4 rings (SSSR count). The summed E-state index contributed by atoms with van der Waals surface area (Å²) in [5, 5.41) is 2.11. The molecule has 162 valence electrons. The lowest BCUT2D eigenvalue weighted by Crippen LogP contribution is -3.15. The Labute approximate surface area is 194 Å². The van der Waals surface area contributed by atoms with Crippen LogP contribution in [0.15, 0.2) is 64.8 Å². The quantitative estimate of drug-likeness (QED) is 0.651. The van der Waals surface area contributed by atoms with Gasteiger partial charge in [0.15, 0.2) is 0 Å². The number of nitrogens with one attached hydrogen (secondary N) is 2. The van der Waals surface area contributed by atoms with E-state index in [9.17, 15) is 9.59 Å². The molecule has 31 heavy (non-hydrogen) atoms. The summed E-state index contributed by atoms with van der Waals surface area (Å²) in [5.74, 6) is 0.587. The third kappa shape index (κ3) is 5.39. The van der Waals surface area contributed by atoms with Gasteiger partial charge < -0.3 is 9.64 Å². The molecule has 7 nitrogen and oxygen atoms in total. The van der Waals surface area contributed by atoms with Crippen molar-refractivity contribution in [3.8, 4) is 5.75 Å². The lowest BCUT2D eigenvalue weighted by Gasteiger charge is -2.34. The number of benzene rings is 2. The first-order chi connectivity index (χ1) is 15.0. The Morgan fingerprint density at radius 3 is 2.45 bits per heavy atom. The van der Waals surface area contributed by atoms with Crippen LogP contribution in [0.1, 0.15) is 6.42 Å². The van der Waals surface area contributed by atoms with Crippen LogP contribution in [0.5, 0.6) is 5.75 Å². The van der Waals surface area contributed by atoms with Crippen LogP contribution in [-0.2, 0) is 9.59 Å². The van der Waals surface area contributed by atoms with Crippen molar-refractivity contribution in [2.75, 3.05) is 37.9 Å². The van der Waals surface area contributed by atoms with E-state index in [1.807, 2.05) is 41.3 Å². The van der Waals surface area contributed by atoms with Crippen LogP contribution in [0.3, 0.4) is 0 Å². The van der Waals surface area contributed by atoms with E-state index in [1.165, 1.54) is 9.91 Å². The fourth-order valence-corrected chi connectivity index (χ4v) is 3.89. The second kappa shape index (κ2) is 9.72. The fourth-order valence-electron chi connectivity index (χ4n) is 3.50. The third-order valence-electron chi connectivity index (χ3n) is 5.29. The summed E-state index contributed by atoms with van der Waals surface area (Å²) >= 11 is 9.29. The number of hydrogen-bond donors (Lipinski definition) is 2. The number of hydrazine groups is 1. The molecule has 0 bridgehead atoms. The summed E-state index contributed by atoms with van der Waals surface area (Å²) in [6, 6.07) is 14.7. The second-order valence-electron chi connectivity index (χ2n) is 7.42. The molecule has 2 heterocycles. The second-order valence-corrected chi connectivity index (χ2v) is 8.78. The molecule has 0 spiro atoms. The minimum absolute atomic E-state index is 0.0905. The van der Waals surface area contributed by atoms with Gasteiger partial charge in [-0.2, -0.15) is 0 Å². The Bertz CT molecular complexity index is 973. The molecule has 0 atom stereocenters. The van der Waals surface area contributed by atoms with E-state index in [0.717, 1.165) is 23.3 Å². The highest BCUT2D eigenvalue weighted by molar-refractivity contribution is 9.10. The highest BCUT2D eigenvalue weighted by atomic mass is 79.9. The number of hydrogen-bond acceptors (Lipinski definition) is 4. The Morgan fingerprint density at radius 1 is 1.10 bits per heavy atom. The molecule has 0 aromatic heterocycles. The molecule has 1 saturated heterocycles. The van der Waals surface area contributed by atoms with Gasteiger partial charge in [0, 0.05) is 15.9 Å². The molecular weight excluding hydrogens is 484 g/mol. The van der Waals surface area contributed by atoms with Crippen molar-refractivity contribution in [1.82, 2.24) is 10.3 Å². The van der Waals surface area contributed by atoms with Gasteiger partial charge in [-0.1, -0.05) is 27.5 Å². The predicted octanol–water partition coefficient (Wildman–Crippen LogP) is 1.99. The summed E-state index contributed by atoms with van der Waals surface area (Å²) < 4.78 is 6.75. The zero-order chi connectivity index (χ0) is 21.8.